The monoisotopic (exact) mass is 418 g/mol. The molecular formula is C25H26N2O2S. The minimum atomic E-state index is -0.883. The van der Waals surface area contributed by atoms with Crippen molar-refractivity contribution in [1.82, 2.24) is 4.31 Å². The average molecular weight is 419 g/mol. The van der Waals surface area contributed by atoms with E-state index in [-0.39, 0.29) is 12.6 Å². The van der Waals surface area contributed by atoms with Crippen LogP contribution in [0.2, 0.25) is 0 Å². The molecule has 0 fully saturated rings. The number of hydrogen-bond donors (Lipinski definition) is 2. The van der Waals surface area contributed by atoms with Gasteiger partial charge in [0, 0.05) is 16.1 Å². The quantitative estimate of drug-likeness (QED) is 0.506. The van der Waals surface area contributed by atoms with E-state index in [1.54, 1.807) is 11.9 Å². The zero-order valence-electron chi connectivity index (χ0n) is 17.2. The van der Waals surface area contributed by atoms with Gasteiger partial charge in [-0.3, -0.25) is 4.79 Å². The molecule has 0 bridgehead atoms. The second-order valence-electron chi connectivity index (χ2n) is 7.05. The fourth-order valence-corrected chi connectivity index (χ4v) is 4.46. The van der Waals surface area contributed by atoms with Gasteiger partial charge in [-0.25, -0.2) is 4.31 Å². The van der Waals surface area contributed by atoms with Crippen LogP contribution in [-0.4, -0.2) is 29.0 Å². The van der Waals surface area contributed by atoms with Crippen molar-refractivity contribution >= 4 is 29.2 Å². The maximum Gasteiger partial charge on any atom is 0.322 e. The number of rotatable bonds is 5. The fraction of sp³-hybridized carbons (Fsp3) is 0.160. The van der Waals surface area contributed by atoms with Crippen molar-refractivity contribution in [2.45, 2.75) is 17.9 Å². The lowest BCUT2D eigenvalue weighted by atomic mass is 9.92. The maximum atomic E-state index is 10.9. The predicted molar refractivity (Wildman–Crippen MR) is 126 cm³/mol. The summed E-state index contributed by atoms with van der Waals surface area (Å²) in [5.41, 5.74) is 5.09. The molecular weight excluding hydrogens is 392 g/mol. The van der Waals surface area contributed by atoms with Crippen LogP contribution in [0.4, 0.5) is 5.69 Å². The number of nitrogens with zero attached hydrogens (tertiary/aromatic N) is 1. The molecule has 0 saturated heterocycles. The molecule has 0 aliphatic carbocycles. The zero-order valence-corrected chi connectivity index (χ0v) is 18.0. The predicted octanol–water partition coefficient (Wildman–Crippen LogP) is 5.89. The summed E-state index contributed by atoms with van der Waals surface area (Å²) in [4.78, 5) is 12.1. The van der Waals surface area contributed by atoms with Crippen LogP contribution in [0.15, 0.2) is 90.3 Å². The van der Waals surface area contributed by atoms with Gasteiger partial charge in [-0.1, -0.05) is 72.8 Å². The molecule has 0 spiro atoms. The zero-order chi connectivity index (χ0) is 21.5. The van der Waals surface area contributed by atoms with Crippen molar-refractivity contribution < 1.29 is 9.90 Å². The second kappa shape index (κ2) is 10.1. The minimum Gasteiger partial charge on any atom is -0.480 e. The topological polar surface area (TPSA) is 52.6 Å². The number of carboxylic acids is 1. The van der Waals surface area contributed by atoms with Crippen LogP contribution in [0.3, 0.4) is 0 Å². The summed E-state index contributed by atoms with van der Waals surface area (Å²) in [7, 11) is 2.06. The first-order valence-corrected chi connectivity index (χ1v) is 10.5. The summed E-state index contributed by atoms with van der Waals surface area (Å²) in [5, 5.41) is 11.9. The van der Waals surface area contributed by atoms with E-state index in [9.17, 15) is 4.79 Å². The number of benzene rings is 3. The van der Waals surface area contributed by atoms with E-state index in [0.29, 0.717) is 0 Å². The molecule has 2 N–H and O–H groups in total. The summed E-state index contributed by atoms with van der Waals surface area (Å²) < 4.78 is 2.19. The number of fused-ring (bicyclic) bond motifs is 1. The van der Waals surface area contributed by atoms with Gasteiger partial charge in [-0.2, -0.15) is 0 Å². The third kappa shape index (κ3) is 5.32. The number of carboxylic acid groups (broad SMARTS) is 1. The summed E-state index contributed by atoms with van der Waals surface area (Å²) in [5.74, 6) is -0.883. The molecule has 0 aromatic heterocycles. The van der Waals surface area contributed by atoms with Crippen molar-refractivity contribution in [2.75, 3.05) is 18.9 Å². The summed E-state index contributed by atoms with van der Waals surface area (Å²) in [6.45, 7) is 6.25. The molecule has 1 atom stereocenters. The largest absolute Gasteiger partial charge is 0.480 e. The lowest BCUT2D eigenvalue weighted by molar-refractivity contribution is -0.134. The second-order valence-corrected chi connectivity index (χ2v) is 8.25. The highest BCUT2D eigenvalue weighted by molar-refractivity contribution is 7.97. The standard InChI is InChI=1S/C19H20N2O2S.C6H6/c1-12-8-9-16(20-11-18(22)23)15(10-12)13(2)19-14-6-4-5-7-17(14)24-21(19)3;1-2-4-6-5-3-1/h4-10,19-20H,2,11H2,1,3H3,(H,22,23);1-6H. The summed E-state index contributed by atoms with van der Waals surface area (Å²) in [6, 6.07) is 26.3. The van der Waals surface area contributed by atoms with Crippen molar-refractivity contribution in [1.29, 1.82) is 0 Å². The van der Waals surface area contributed by atoms with Crippen LogP contribution in [0.1, 0.15) is 22.7 Å². The van der Waals surface area contributed by atoms with Crippen LogP contribution >= 0.6 is 11.9 Å². The van der Waals surface area contributed by atoms with Crippen LogP contribution in [0.25, 0.3) is 5.57 Å². The first-order valence-electron chi connectivity index (χ1n) is 9.72. The lowest BCUT2D eigenvalue weighted by Gasteiger charge is -2.24. The Kier molecular flexibility index (Phi) is 7.33. The van der Waals surface area contributed by atoms with Gasteiger partial charge >= 0.3 is 5.97 Å². The molecule has 3 aromatic carbocycles. The fourth-order valence-electron chi connectivity index (χ4n) is 3.38. The van der Waals surface area contributed by atoms with Crippen molar-refractivity contribution in [3.8, 4) is 0 Å². The number of likely N-dealkylation sites (N-methyl/N-ethyl adjacent to an activating group) is 1. The molecule has 1 aliphatic heterocycles. The van der Waals surface area contributed by atoms with E-state index >= 15 is 0 Å². The van der Waals surface area contributed by atoms with Gasteiger partial charge in [0.15, 0.2) is 0 Å². The molecule has 1 heterocycles. The Labute approximate surface area is 182 Å². The third-order valence-corrected chi connectivity index (χ3v) is 5.83. The van der Waals surface area contributed by atoms with Gasteiger partial charge in [-0.15, -0.1) is 0 Å². The molecule has 30 heavy (non-hydrogen) atoms. The van der Waals surface area contributed by atoms with E-state index < -0.39 is 5.97 Å². The Hall–Kier alpha value is -3.02. The van der Waals surface area contributed by atoms with Crippen molar-refractivity contribution in [2.24, 2.45) is 0 Å². The molecule has 1 aliphatic rings. The van der Waals surface area contributed by atoms with E-state index in [0.717, 1.165) is 22.4 Å². The molecule has 0 saturated carbocycles. The third-order valence-electron chi connectivity index (χ3n) is 4.77. The number of nitrogens with one attached hydrogen (secondary N) is 1. The van der Waals surface area contributed by atoms with Gasteiger partial charge in [0.2, 0.25) is 0 Å². The smallest absolute Gasteiger partial charge is 0.322 e. The van der Waals surface area contributed by atoms with E-state index in [1.165, 1.54) is 10.5 Å². The average Bonchev–Trinajstić information content (AvgIpc) is 3.09. The number of carbonyl (C=O) groups is 1. The maximum absolute atomic E-state index is 10.9. The Morgan fingerprint density at radius 3 is 2.33 bits per heavy atom. The molecule has 4 rings (SSSR count). The molecule has 4 nitrogen and oxygen atoms in total. The summed E-state index contributed by atoms with van der Waals surface area (Å²) >= 11 is 1.71. The SMILES string of the molecule is C=C(c1cc(C)ccc1NCC(=O)O)C1c2ccccc2SN1C.c1ccccc1. The lowest BCUT2D eigenvalue weighted by Crippen LogP contribution is -2.16. The Bertz CT molecular complexity index is 994. The van der Waals surface area contributed by atoms with Crippen LogP contribution in [0.5, 0.6) is 0 Å². The van der Waals surface area contributed by atoms with Crippen molar-refractivity contribution in [3.63, 3.8) is 0 Å². The van der Waals surface area contributed by atoms with E-state index in [2.05, 4.69) is 41.4 Å². The minimum absolute atomic E-state index is 0.0679. The summed E-state index contributed by atoms with van der Waals surface area (Å²) in [6.07, 6.45) is 0. The van der Waals surface area contributed by atoms with Crippen LogP contribution < -0.4 is 5.32 Å². The van der Waals surface area contributed by atoms with Gasteiger partial charge in [0.05, 0.1) is 6.04 Å². The highest BCUT2D eigenvalue weighted by atomic mass is 32.2. The molecule has 0 amide bonds. The highest BCUT2D eigenvalue weighted by Gasteiger charge is 2.31. The molecule has 5 heteroatoms. The Morgan fingerprint density at radius 2 is 1.70 bits per heavy atom. The van der Waals surface area contributed by atoms with Gasteiger partial charge in [0.25, 0.3) is 0 Å². The normalized spacial score (nSPS) is 14.9. The van der Waals surface area contributed by atoms with Gasteiger partial charge in [-0.05, 0) is 55.3 Å². The van der Waals surface area contributed by atoms with Gasteiger partial charge in [0.1, 0.15) is 6.54 Å². The highest BCUT2D eigenvalue weighted by Crippen LogP contribution is 2.49. The number of hydrogen-bond acceptors (Lipinski definition) is 4. The molecule has 154 valence electrons. The van der Waals surface area contributed by atoms with E-state index in [4.69, 9.17) is 5.11 Å². The number of aryl methyl sites for hydroxylation is 1. The number of aliphatic carboxylic acids is 1. The molecule has 1 unspecified atom stereocenters. The number of anilines is 1. The van der Waals surface area contributed by atoms with Crippen LogP contribution in [0, 0.1) is 6.92 Å². The Morgan fingerprint density at radius 1 is 1.07 bits per heavy atom. The first-order chi connectivity index (χ1) is 14.5. The van der Waals surface area contributed by atoms with E-state index in [1.807, 2.05) is 67.6 Å². The molecule has 0 radical (unpaired) electrons. The Balaban J connectivity index is 0.000000367. The van der Waals surface area contributed by atoms with Crippen molar-refractivity contribution in [3.05, 3.63) is 102 Å². The van der Waals surface area contributed by atoms with Gasteiger partial charge < -0.3 is 10.4 Å². The molecule has 3 aromatic rings. The van der Waals surface area contributed by atoms with Crippen LogP contribution in [-0.2, 0) is 4.79 Å². The first kappa shape index (κ1) is 21.7.